The summed E-state index contributed by atoms with van der Waals surface area (Å²) >= 11 is 3.32. The van der Waals surface area contributed by atoms with Crippen molar-refractivity contribution in [2.75, 3.05) is 11.1 Å². The zero-order valence-electron chi connectivity index (χ0n) is 13.1. The topological polar surface area (TPSA) is 73.1 Å². The lowest BCUT2D eigenvalue weighted by atomic mass is 10.2. The summed E-state index contributed by atoms with van der Waals surface area (Å²) in [7, 11) is 0. The molecule has 0 aliphatic carbocycles. The van der Waals surface area contributed by atoms with Crippen LogP contribution in [0.2, 0.25) is 0 Å². The van der Waals surface area contributed by atoms with E-state index in [-0.39, 0.29) is 23.1 Å². The molecule has 3 aromatic rings. The second kappa shape index (κ2) is 7.20. The zero-order valence-corrected chi connectivity index (χ0v) is 14.7. The summed E-state index contributed by atoms with van der Waals surface area (Å²) < 4.78 is 44.9. The van der Waals surface area contributed by atoms with E-state index >= 15 is 0 Å². The fourth-order valence-electron chi connectivity index (χ4n) is 2.08. The lowest BCUT2D eigenvalue weighted by molar-refractivity contribution is -0.137. The van der Waals surface area contributed by atoms with Gasteiger partial charge in [0, 0.05) is 10.2 Å². The van der Waals surface area contributed by atoms with Crippen molar-refractivity contribution in [1.29, 1.82) is 0 Å². The molecule has 0 fully saturated rings. The van der Waals surface area contributed by atoms with Crippen molar-refractivity contribution in [3.05, 3.63) is 64.9 Å². The van der Waals surface area contributed by atoms with Gasteiger partial charge in [0.2, 0.25) is 5.88 Å². The van der Waals surface area contributed by atoms with Crippen LogP contribution < -0.4 is 15.8 Å². The minimum absolute atomic E-state index is 0.0767. The Hall–Kier alpha value is -2.81. The summed E-state index contributed by atoms with van der Waals surface area (Å²) in [5, 5.41) is 2.76. The van der Waals surface area contributed by atoms with Gasteiger partial charge in [-0.05, 0) is 42.5 Å². The summed E-state index contributed by atoms with van der Waals surface area (Å²) in [6.45, 7) is 0. The molecule has 5 nitrogen and oxygen atoms in total. The van der Waals surface area contributed by atoms with Crippen LogP contribution in [0.15, 0.2) is 59.3 Å². The molecular formula is C17H12BrF3N4O. The van der Waals surface area contributed by atoms with Crippen molar-refractivity contribution in [3.8, 4) is 11.6 Å². The number of aromatic nitrogens is 2. The first-order valence-corrected chi connectivity index (χ1v) is 8.10. The number of nitrogens with zero attached hydrogens (tertiary/aromatic N) is 2. The maximum absolute atomic E-state index is 12.8. The van der Waals surface area contributed by atoms with Crippen molar-refractivity contribution in [3.63, 3.8) is 0 Å². The summed E-state index contributed by atoms with van der Waals surface area (Å²) in [5.41, 5.74) is 5.48. The first-order chi connectivity index (χ1) is 12.3. The van der Waals surface area contributed by atoms with Gasteiger partial charge in [0.1, 0.15) is 17.8 Å². The van der Waals surface area contributed by atoms with Crippen molar-refractivity contribution in [2.45, 2.75) is 6.18 Å². The molecule has 0 aliphatic heterocycles. The number of halogens is 4. The van der Waals surface area contributed by atoms with E-state index in [4.69, 9.17) is 10.5 Å². The average Bonchev–Trinajstić information content (AvgIpc) is 2.60. The molecule has 0 unspecified atom stereocenters. The van der Waals surface area contributed by atoms with Crippen LogP contribution in [0.1, 0.15) is 5.56 Å². The van der Waals surface area contributed by atoms with E-state index in [2.05, 4.69) is 31.2 Å². The Balaban J connectivity index is 1.84. The minimum atomic E-state index is -4.44. The lowest BCUT2D eigenvalue weighted by Crippen LogP contribution is -2.06. The van der Waals surface area contributed by atoms with E-state index in [1.54, 1.807) is 24.3 Å². The fraction of sp³-hybridized carbons (Fsp3) is 0.0588. The standard InChI is InChI=1S/C17H12BrF3N4O/c18-11-4-6-13(7-5-11)26-16-14(22)15(23-9-24-16)25-12-3-1-2-10(8-12)17(19,20)21/h1-9H,22H2,(H,23,24,25). The second-order valence-corrected chi connectivity index (χ2v) is 6.12. The van der Waals surface area contributed by atoms with E-state index in [0.29, 0.717) is 5.75 Å². The molecule has 0 amide bonds. The Morgan fingerprint density at radius 2 is 1.77 bits per heavy atom. The van der Waals surface area contributed by atoms with Crippen LogP contribution in [0.25, 0.3) is 0 Å². The minimum Gasteiger partial charge on any atom is -0.437 e. The average molecular weight is 425 g/mol. The maximum atomic E-state index is 12.8. The third-order valence-electron chi connectivity index (χ3n) is 3.33. The van der Waals surface area contributed by atoms with Gasteiger partial charge in [0.05, 0.1) is 5.56 Å². The van der Waals surface area contributed by atoms with Gasteiger partial charge in [0.25, 0.3) is 0 Å². The fourth-order valence-corrected chi connectivity index (χ4v) is 2.35. The van der Waals surface area contributed by atoms with Gasteiger partial charge in [-0.3, -0.25) is 0 Å². The number of anilines is 3. The molecule has 1 heterocycles. The normalized spacial score (nSPS) is 11.2. The van der Waals surface area contributed by atoms with E-state index in [1.165, 1.54) is 18.5 Å². The van der Waals surface area contributed by atoms with Crippen LogP contribution >= 0.6 is 15.9 Å². The summed E-state index contributed by atoms with van der Waals surface area (Å²) in [6.07, 6.45) is -3.23. The molecule has 1 aromatic heterocycles. The third-order valence-corrected chi connectivity index (χ3v) is 3.86. The summed E-state index contributed by atoms with van der Waals surface area (Å²) in [6, 6.07) is 11.7. The number of nitrogens with two attached hydrogens (primary N) is 1. The van der Waals surface area contributed by atoms with Gasteiger partial charge in [0.15, 0.2) is 5.82 Å². The molecule has 3 rings (SSSR count). The Labute approximate surface area is 155 Å². The van der Waals surface area contributed by atoms with Gasteiger partial charge >= 0.3 is 6.18 Å². The maximum Gasteiger partial charge on any atom is 0.416 e. The Morgan fingerprint density at radius 1 is 1.04 bits per heavy atom. The Kier molecular flexibility index (Phi) is 4.99. The van der Waals surface area contributed by atoms with Gasteiger partial charge in [-0.2, -0.15) is 18.2 Å². The molecule has 26 heavy (non-hydrogen) atoms. The van der Waals surface area contributed by atoms with Gasteiger partial charge in [-0.1, -0.05) is 22.0 Å². The third kappa shape index (κ3) is 4.23. The molecule has 0 saturated carbocycles. The number of hydrogen-bond donors (Lipinski definition) is 2. The van der Waals surface area contributed by atoms with Crippen LogP contribution in [0.5, 0.6) is 11.6 Å². The number of nitrogen functional groups attached to an aromatic ring is 1. The number of ether oxygens (including phenoxy) is 1. The molecule has 3 N–H and O–H groups in total. The lowest BCUT2D eigenvalue weighted by Gasteiger charge is -2.13. The summed E-state index contributed by atoms with van der Waals surface area (Å²) in [4.78, 5) is 7.93. The highest BCUT2D eigenvalue weighted by Gasteiger charge is 2.30. The van der Waals surface area contributed by atoms with Crippen LogP contribution in [-0.4, -0.2) is 9.97 Å². The zero-order chi connectivity index (χ0) is 18.7. The molecule has 0 aliphatic rings. The quantitative estimate of drug-likeness (QED) is 0.588. The van der Waals surface area contributed by atoms with Crippen molar-refractivity contribution in [2.24, 2.45) is 0 Å². The van der Waals surface area contributed by atoms with E-state index in [0.717, 1.165) is 16.6 Å². The van der Waals surface area contributed by atoms with Crippen LogP contribution in [-0.2, 0) is 6.18 Å². The molecule has 0 saturated heterocycles. The number of hydrogen-bond acceptors (Lipinski definition) is 5. The van der Waals surface area contributed by atoms with Crippen LogP contribution in [0.4, 0.5) is 30.4 Å². The van der Waals surface area contributed by atoms with E-state index in [9.17, 15) is 13.2 Å². The number of nitrogens with one attached hydrogen (secondary N) is 1. The van der Waals surface area contributed by atoms with Crippen molar-refractivity contribution >= 4 is 33.1 Å². The molecule has 134 valence electrons. The smallest absolute Gasteiger partial charge is 0.416 e. The van der Waals surface area contributed by atoms with Crippen LogP contribution in [0, 0.1) is 0 Å². The Morgan fingerprint density at radius 3 is 2.46 bits per heavy atom. The van der Waals surface area contributed by atoms with Gasteiger partial charge in [-0.15, -0.1) is 0 Å². The highest BCUT2D eigenvalue weighted by atomic mass is 79.9. The first kappa shape index (κ1) is 18.0. The predicted octanol–water partition coefficient (Wildman–Crippen LogP) is 5.38. The highest BCUT2D eigenvalue weighted by molar-refractivity contribution is 9.10. The Bertz CT molecular complexity index is 917. The molecule has 2 aromatic carbocycles. The van der Waals surface area contributed by atoms with Crippen molar-refractivity contribution in [1.82, 2.24) is 9.97 Å². The molecule has 0 atom stereocenters. The molecule has 0 spiro atoms. The molecule has 9 heteroatoms. The highest BCUT2D eigenvalue weighted by Crippen LogP contribution is 2.34. The molecule has 0 radical (unpaired) electrons. The molecule has 0 bridgehead atoms. The van der Waals surface area contributed by atoms with Crippen molar-refractivity contribution < 1.29 is 17.9 Å². The van der Waals surface area contributed by atoms with E-state index in [1.807, 2.05) is 0 Å². The number of alkyl halides is 3. The number of rotatable bonds is 4. The monoisotopic (exact) mass is 424 g/mol. The largest absolute Gasteiger partial charge is 0.437 e. The SMILES string of the molecule is Nc1c(Nc2cccc(C(F)(F)F)c2)ncnc1Oc1ccc(Br)cc1. The number of benzene rings is 2. The second-order valence-electron chi connectivity index (χ2n) is 5.20. The summed E-state index contributed by atoms with van der Waals surface area (Å²) in [5.74, 6) is 0.742. The molecular weight excluding hydrogens is 413 g/mol. The van der Waals surface area contributed by atoms with Gasteiger partial charge in [-0.25, -0.2) is 4.98 Å². The first-order valence-electron chi connectivity index (χ1n) is 7.31. The van der Waals surface area contributed by atoms with E-state index < -0.39 is 11.7 Å². The van der Waals surface area contributed by atoms with Crippen LogP contribution in [0.3, 0.4) is 0 Å². The predicted molar refractivity (Wildman–Crippen MR) is 95.4 cm³/mol. The van der Waals surface area contributed by atoms with Gasteiger partial charge < -0.3 is 15.8 Å².